The Balaban J connectivity index is -0.000000720. The predicted molar refractivity (Wildman–Crippen MR) is 48.1 cm³/mol. The molecule has 0 atom stereocenters. The second-order valence-electron chi connectivity index (χ2n) is 2.57. The van der Waals surface area contributed by atoms with E-state index in [1.807, 2.05) is 0 Å². The van der Waals surface area contributed by atoms with Crippen LogP contribution in [0.25, 0.3) is 0 Å². The number of aliphatic hydroxyl groups is 2. The van der Waals surface area contributed by atoms with Crippen molar-refractivity contribution in [1.29, 1.82) is 0 Å². The van der Waals surface area contributed by atoms with Crippen molar-refractivity contribution in [2.24, 2.45) is 0 Å². The molecule has 0 amide bonds. The molecule has 82 valence electrons. The monoisotopic (exact) mass is 253 g/mol. The van der Waals surface area contributed by atoms with Gasteiger partial charge in [-0.1, -0.05) is 0 Å². The van der Waals surface area contributed by atoms with Gasteiger partial charge >= 0.3 is 51.4 Å². The molecular formula is C6H16KNO5S. The summed E-state index contributed by atoms with van der Waals surface area (Å²) < 4.78 is 29.1. The number of hydrogen-bond donors (Lipinski definition) is 3. The van der Waals surface area contributed by atoms with Crippen molar-refractivity contribution < 1.29 is 76.0 Å². The molecule has 0 aliphatic heterocycles. The van der Waals surface area contributed by atoms with E-state index in [0.29, 0.717) is 0 Å². The van der Waals surface area contributed by atoms with E-state index in [0.717, 1.165) is 0 Å². The number of hydrogen-bond acceptors (Lipinski definition) is 5. The normalized spacial score (nSPS) is 11.4. The van der Waals surface area contributed by atoms with Crippen LogP contribution in [0.5, 0.6) is 0 Å². The summed E-state index contributed by atoms with van der Waals surface area (Å²) in [6, 6.07) is 0. The van der Waals surface area contributed by atoms with Crippen LogP contribution >= 0.6 is 0 Å². The maximum Gasteiger partial charge on any atom is 1.00 e. The van der Waals surface area contributed by atoms with Crippen LogP contribution < -0.4 is 51.4 Å². The first-order chi connectivity index (χ1) is 5.99. The van der Waals surface area contributed by atoms with E-state index < -0.39 is 10.1 Å². The topological polar surface area (TPSA) is 98.1 Å². The van der Waals surface area contributed by atoms with Gasteiger partial charge in [-0.3, -0.25) is 9.45 Å². The van der Waals surface area contributed by atoms with Gasteiger partial charge in [-0.15, -0.1) is 0 Å². The SMILES string of the molecule is O=S(=O)(O)CCN(CCO)CCO.[H-].[K+]. The molecule has 0 saturated heterocycles. The van der Waals surface area contributed by atoms with Crippen LogP contribution in [0.2, 0.25) is 0 Å². The van der Waals surface area contributed by atoms with Gasteiger partial charge < -0.3 is 11.6 Å². The molecular weight excluding hydrogens is 237 g/mol. The Bertz CT molecular complexity index is 220. The van der Waals surface area contributed by atoms with Gasteiger partial charge in [-0.2, -0.15) is 8.42 Å². The second kappa shape index (κ2) is 9.64. The first kappa shape index (κ1) is 17.8. The Morgan fingerprint density at radius 3 is 1.79 bits per heavy atom. The molecule has 0 aromatic rings. The molecule has 3 N–H and O–H groups in total. The van der Waals surface area contributed by atoms with Gasteiger partial charge in [-0.25, -0.2) is 0 Å². The maximum atomic E-state index is 10.3. The van der Waals surface area contributed by atoms with Gasteiger partial charge in [0.2, 0.25) is 0 Å². The summed E-state index contributed by atoms with van der Waals surface area (Å²) in [5, 5.41) is 17.1. The molecule has 0 aromatic heterocycles. The van der Waals surface area contributed by atoms with Crippen LogP contribution in [-0.4, -0.2) is 66.7 Å². The fraction of sp³-hybridized carbons (Fsp3) is 1.00. The van der Waals surface area contributed by atoms with E-state index in [-0.39, 0.29) is 91.4 Å². The molecule has 0 heterocycles. The Morgan fingerprint density at radius 2 is 1.50 bits per heavy atom. The third kappa shape index (κ3) is 11.5. The van der Waals surface area contributed by atoms with E-state index in [2.05, 4.69) is 0 Å². The van der Waals surface area contributed by atoms with Crippen LogP contribution in [0.3, 0.4) is 0 Å². The fourth-order valence-electron chi connectivity index (χ4n) is 0.863. The minimum Gasteiger partial charge on any atom is -1.00 e. The van der Waals surface area contributed by atoms with Crippen LogP contribution in [-0.2, 0) is 10.1 Å². The Kier molecular flexibility index (Phi) is 12.3. The van der Waals surface area contributed by atoms with E-state index >= 15 is 0 Å². The first-order valence-corrected chi connectivity index (χ1v) is 5.49. The molecule has 0 fully saturated rings. The molecule has 0 aliphatic carbocycles. The van der Waals surface area contributed by atoms with Crippen LogP contribution in [0.4, 0.5) is 0 Å². The Labute approximate surface area is 128 Å². The predicted octanol–water partition coefficient (Wildman–Crippen LogP) is -4.72. The van der Waals surface area contributed by atoms with Gasteiger partial charge in [-0.05, 0) is 0 Å². The summed E-state index contributed by atoms with van der Waals surface area (Å²) >= 11 is 0. The summed E-state index contributed by atoms with van der Waals surface area (Å²) in [5.41, 5.74) is 0. The molecule has 6 nitrogen and oxygen atoms in total. The molecule has 0 unspecified atom stereocenters. The smallest absolute Gasteiger partial charge is 1.00 e. The summed E-state index contributed by atoms with van der Waals surface area (Å²) in [6.07, 6.45) is 0. The van der Waals surface area contributed by atoms with Crippen molar-refractivity contribution in [3.05, 3.63) is 0 Å². The Hall–Kier alpha value is 1.43. The maximum absolute atomic E-state index is 10.3. The van der Waals surface area contributed by atoms with Crippen molar-refractivity contribution in [3.63, 3.8) is 0 Å². The summed E-state index contributed by atoms with van der Waals surface area (Å²) in [4.78, 5) is 1.55. The Morgan fingerprint density at radius 1 is 1.07 bits per heavy atom. The van der Waals surface area contributed by atoms with E-state index in [1.54, 1.807) is 4.90 Å². The second-order valence-corrected chi connectivity index (χ2v) is 4.15. The van der Waals surface area contributed by atoms with Gasteiger partial charge in [0, 0.05) is 19.6 Å². The third-order valence-corrected chi connectivity index (χ3v) is 2.20. The fourth-order valence-corrected chi connectivity index (χ4v) is 1.35. The van der Waals surface area contributed by atoms with Crippen molar-refractivity contribution in [2.45, 2.75) is 0 Å². The average Bonchev–Trinajstić information content (AvgIpc) is 2.00. The van der Waals surface area contributed by atoms with E-state index in [9.17, 15) is 8.42 Å². The quantitative estimate of drug-likeness (QED) is 0.311. The summed E-state index contributed by atoms with van der Waals surface area (Å²) in [6.45, 7) is 0.475. The van der Waals surface area contributed by atoms with Gasteiger partial charge in [0.05, 0.1) is 19.0 Å². The zero-order chi connectivity index (χ0) is 10.3. The number of nitrogens with zero attached hydrogens (tertiary/aromatic N) is 1. The molecule has 0 rings (SSSR count). The van der Waals surface area contributed by atoms with E-state index in [4.69, 9.17) is 14.8 Å². The zero-order valence-corrected chi connectivity index (χ0v) is 12.2. The number of rotatable bonds is 7. The summed E-state index contributed by atoms with van der Waals surface area (Å²) in [5.74, 6) is -0.382. The minimum atomic E-state index is -3.96. The number of aliphatic hydroxyl groups excluding tert-OH is 2. The molecule has 0 spiro atoms. The standard InChI is InChI=1S/C6H15NO5S.K.H/c8-4-1-7(2-5-9)3-6-13(10,11)12;;/h8-9H,1-6H2,(H,10,11,12);;/q;+1;-1. The van der Waals surface area contributed by atoms with Crippen molar-refractivity contribution in [3.8, 4) is 0 Å². The molecule has 0 saturated carbocycles. The molecule has 0 radical (unpaired) electrons. The first-order valence-electron chi connectivity index (χ1n) is 3.89. The van der Waals surface area contributed by atoms with Crippen LogP contribution in [0.1, 0.15) is 1.43 Å². The summed E-state index contributed by atoms with van der Waals surface area (Å²) in [7, 11) is -3.96. The van der Waals surface area contributed by atoms with Gasteiger partial charge in [0.15, 0.2) is 0 Å². The van der Waals surface area contributed by atoms with Crippen molar-refractivity contribution in [1.82, 2.24) is 4.90 Å². The molecule has 14 heavy (non-hydrogen) atoms. The zero-order valence-electron chi connectivity index (χ0n) is 9.26. The van der Waals surface area contributed by atoms with Crippen LogP contribution in [0.15, 0.2) is 0 Å². The molecule has 8 heteroatoms. The third-order valence-electron chi connectivity index (χ3n) is 1.50. The van der Waals surface area contributed by atoms with Crippen molar-refractivity contribution >= 4 is 10.1 Å². The van der Waals surface area contributed by atoms with Crippen molar-refractivity contribution in [2.75, 3.05) is 38.6 Å². The average molecular weight is 253 g/mol. The molecule has 0 aromatic carbocycles. The molecule has 0 aliphatic rings. The van der Waals surface area contributed by atoms with Gasteiger partial charge in [0.25, 0.3) is 10.1 Å². The van der Waals surface area contributed by atoms with Gasteiger partial charge in [0.1, 0.15) is 0 Å². The minimum absolute atomic E-state index is 0. The van der Waals surface area contributed by atoms with Crippen LogP contribution in [0, 0.1) is 0 Å². The largest absolute Gasteiger partial charge is 1.00 e. The molecule has 0 bridgehead atoms. The van der Waals surface area contributed by atoms with E-state index in [1.165, 1.54) is 0 Å².